The molecule has 0 saturated heterocycles. The minimum Gasteiger partial charge on any atom is -0.384 e. The van der Waals surface area contributed by atoms with Crippen LogP contribution in [-0.2, 0) is 0 Å². The number of pyridine rings is 1. The molecule has 0 aliphatic heterocycles. The molecule has 2 fully saturated rings. The molecule has 96 valence electrons. The van der Waals surface area contributed by atoms with Gasteiger partial charge >= 0.3 is 0 Å². The summed E-state index contributed by atoms with van der Waals surface area (Å²) < 4.78 is 0. The molecule has 3 unspecified atom stereocenters. The van der Waals surface area contributed by atoms with E-state index in [1.165, 1.54) is 25.7 Å². The number of hydrogen-bond donors (Lipinski definition) is 2. The summed E-state index contributed by atoms with van der Waals surface area (Å²) in [6.07, 6.45) is 5.40. The number of nitrogens with one attached hydrogen (secondary N) is 1. The molecule has 3 rings (SSSR count). The van der Waals surface area contributed by atoms with Gasteiger partial charge in [-0.15, -0.1) is 0 Å². The highest BCUT2D eigenvalue weighted by molar-refractivity contribution is 5.92. The van der Waals surface area contributed by atoms with Crippen LogP contribution in [0.2, 0.25) is 0 Å². The van der Waals surface area contributed by atoms with Gasteiger partial charge in [-0.1, -0.05) is 12.5 Å². The molecule has 4 heteroatoms. The largest absolute Gasteiger partial charge is 0.384 e. The standard InChI is InChI=1S/C14H19N3O/c15-13-3-1-2-12(17-13)14(18)16-8-11-7-9-4-5-10(11)6-9/h1-3,9-11H,4-8H2,(H2,15,17)(H,16,18). The van der Waals surface area contributed by atoms with Gasteiger partial charge in [-0.05, 0) is 49.1 Å². The van der Waals surface area contributed by atoms with Gasteiger partial charge in [0.15, 0.2) is 0 Å². The highest BCUT2D eigenvalue weighted by atomic mass is 16.1. The summed E-state index contributed by atoms with van der Waals surface area (Å²) in [7, 11) is 0. The van der Waals surface area contributed by atoms with E-state index in [2.05, 4.69) is 10.3 Å². The third-order valence-corrected chi connectivity index (χ3v) is 4.41. The monoisotopic (exact) mass is 245 g/mol. The highest BCUT2D eigenvalue weighted by Gasteiger charge is 2.39. The van der Waals surface area contributed by atoms with Crippen molar-refractivity contribution >= 4 is 11.7 Å². The Kier molecular flexibility index (Phi) is 2.94. The first-order chi connectivity index (χ1) is 8.72. The Labute approximate surface area is 107 Å². The topological polar surface area (TPSA) is 68.0 Å². The minimum absolute atomic E-state index is 0.106. The quantitative estimate of drug-likeness (QED) is 0.853. The van der Waals surface area contributed by atoms with Gasteiger partial charge < -0.3 is 11.1 Å². The second-order valence-electron chi connectivity index (χ2n) is 5.59. The Morgan fingerprint density at radius 2 is 2.28 bits per heavy atom. The van der Waals surface area contributed by atoms with Crippen LogP contribution in [-0.4, -0.2) is 17.4 Å². The van der Waals surface area contributed by atoms with E-state index in [-0.39, 0.29) is 5.91 Å². The number of carbonyl (C=O) groups is 1. The van der Waals surface area contributed by atoms with Gasteiger partial charge in [-0.25, -0.2) is 4.98 Å². The average molecular weight is 245 g/mol. The fraction of sp³-hybridized carbons (Fsp3) is 0.571. The lowest BCUT2D eigenvalue weighted by molar-refractivity contribution is 0.0937. The van der Waals surface area contributed by atoms with Crippen LogP contribution in [0, 0.1) is 17.8 Å². The summed E-state index contributed by atoms with van der Waals surface area (Å²) >= 11 is 0. The molecule has 1 aromatic rings. The van der Waals surface area contributed by atoms with Gasteiger partial charge in [0.1, 0.15) is 11.5 Å². The normalized spacial score (nSPS) is 29.4. The van der Waals surface area contributed by atoms with E-state index in [1.807, 2.05) is 0 Å². The zero-order valence-electron chi connectivity index (χ0n) is 10.4. The molecule has 1 amide bonds. The molecule has 4 nitrogen and oxygen atoms in total. The van der Waals surface area contributed by atoms with E-state index in [0.717, 1.165) is 18.4 Å². The number of fused-ring (bicyclic) bond motifs is 2. The number of anilines is 1. The SMILES string of the molecule is Nc1cccc(C(=O)NCC2CC3CCC2C3)n1. The number of rotatable bonds is 3. The maximum absolute atomic E-state index is 11.9. The number of carbonyl (C=O) groups excluding carboxylic acids is 1. The van der Waals surface area contributed by atoms with Crippen molar-refractivity contribution in [3.8, 4) is 0 Å². The minimum atomic E-state index is -0.106. The number of hydrogen-bond acceptors (Lipinski definition) is 3. The molecule has 0 radical (unpaired) electrons. The highest BCUT2D eigenvalue weighted by Crippen LogP contribution is 2.47. The van der Waals surface area contributed by atoms with Crippen molar-refractivity contribution in [1.82, 2.24) is 10.3 Å². The van der Waals surface area contributed by atoms with Gasteiger partial charge in [0.05, 0.1) is 0 Å². The van der Waals surface area contributed by atoms with Crippen LogP contribution in [0.5, 0.6) is 0 Å². The summed E-state index contributed by atoms with van der Waals surface area (Å²) in [5.74, 6) is 2.72. The van der Waals surface area contributed by atoms with E-state index >= 15 is 0 Å². The Morgan fingerprint density at radius 1 is 1.39 bits per heavy atom. The summed E-state index contributed by atoms with van der Waals surface area (Å²) in [6.45, 7) is 0.788. The fourth-order valence-corrected chi connectivity index (χ4v) is 3.52. The molecular weight excluding hydrogens is 226 g/mol. The Bertz CT molecular complexity index is 460. The van der Waals surface area contributed by atoms with Crippen LogP contribution < -0.4 is 11.1 Å². The second-order valence-corrected chi connectivity index (χ2v) is 5.59. The first kappa shape index (κ1) is 11.5. The first-order valence-corrected chi connectivity index (χ1v) is 6.73. The molecular formula is C14H19N3O. The molecule has 3 atom stereocenters. The van der Waals surface area contributed by atoms with Crippen molar-refractivity contribution in [2.45, 2.75) is 25.7 Å². The van der Waals surface area contributed by atoms with Crippen molar-refractivity contribution < 1.29 is 4.79 Å². The third-order valence-electron chi connectivity index (χ3n) is 4.41. The van der Waals surface area contributed by atoms with Crippen LogP contribution in [0.1, 0.15) is 36.2 Å². The smallest absolute Gasteiger partial charge is 0.269 e. The molecule has 2 saturated carbocycles. The van der Waals surface area contributed by atoms with Crippen LogP contribution >= 0.6 is 0 Å². The molecule has 1 aromatic heterocycles. The van der Waals surface area contributed by atoms with Crippen molar-refractivity contribution in [1.29, 1.82) is 0 Å². The number of nitrogen functional groups attached to an aromatic ring is 1. The van der Waals surface area contributed by atoms with E-state index in [4.69, 9.17) is 5.73 Å². The van der Waals surface area contributed by atoms with Crippen molar-refractivity contribution in [3.05, 3.63) is 23.9 Å². The Balaban J connectivity index is 1.56. The molecule has 2 bridgehead atoms. The predicted octanol–water partition coefficient (Wildman–Crippen LogP) is 1.83. The predicted molar refractivity (Wildman–Crippen MR) is 69.9 cm³/mol. The lowest BCUT2D eigenvalue weighted by Gasteiger charge is -2.21. The Hall–Kier alpha value is -1.58. The van der Waals surface area contributed by atoms with E-state index in [9.17, 15) is 4.79 Å². The zero-order valence-corrected chi connectivity index (χ0v) is 10.4. The third kappa shape index (κ3) is 2.19. The molecule has 2 aliphatic rings. The lowest BCUT2D eigenvalue weighted by Crippen LogP contribution is -2.32. The maximum atomic E-state index is 11.9. The van der Waals surface area contributed by atoms with E-state index in [1.54, 1.807) is 18.2 Å². The number of nitrogens with zero attached hydrogens (tertiary/aromatic N) is 1. The second kappa shape index (κ2) is 4.59. The Morgan fingerprint density at radius 3 is 2.94 bits per heavy atom. The molecule has 0 aromatic carbocycles. The van der Waals surface area contributed by atoms with Crippen molar-refractivity contribution in [2.75, 3.05) is 12.3 Å². The van der Waals surface area contributed by atoms with Crippen LogP contribution in [0.4, 0.5) is 5.82 Å². The van der Waals surface area contributed by atoms with Gasteiger partial charge in [-0.3, -0.25) is 4.79 Å². The van der Waals surface area contributed by atoms with Gasteiger partial charge in [-0.2, -0.15) is 0 Å². The van der Waals surface area contributed by atoms with Crippen molar-refractivity contribution in [2.24, 2.45) is 17.8 Å². The number of nitrogens with two attached hydrogens (primary N) is 1. The summed E-state index contributed by atoms with van der Waals surface area (Å²) in [6, 6.07) is 5.15. The van der Waals surface area contributed by atoms with E-state index < -0.39 is 0 Å². The molecule has 18 heavy (non-hydrogen) atoms. The van der Waals surface area contributed by atoms with Crippen molar-refractivity contribution in [3.63, 3.8) is 0 Å². The van der Waals surface area contributed by atoms with Gasteiger partial charge in [0.2, 0.25) is 0 Å². The lowest BCUT2D eigenvalue weighted by atomic mass is 9.89. The number of aromatic nitrogens is 1. The van der Waals surface area contributed by atoms with E-state index in [0.29, 0.717) is 17.4 Å². The average Bonchev–Trinajstić information content (AvgIpc) is 2.98. The summed E-state index contributed by atoms with van der Waals surface area (Å²) in [4.78, 5) is 16.0. The number of amides is 1. The zero-order chi connectivity index (χ0) is 12.5. The fourth-order valence-electron chi connectivity index (χ4n) is 3.52. The molecule has 3 N–H and O–H groups in total. The van der Waals surface area contributed by atoms with Gasteiger partial charge in [0.25, 0.3) is 5.91 Å². The van der Waals surface area contributed by atoms with Crippen LogP contribution in [0.3, 0.4) is 0 Å². The molecule has 0 spiro atoms. The van der Waals surface area contributed by atoms with Crippen LogP contribution in [0.15, 0.2) is 18.2 Å². The van der Waals surface area contributed by atoms with Crippen LogP contribution in [0.25, 0.3) is 0 Å². The summed E-state index contributed by atoms with van der Waals surface area (Å²) in [5.41, 5.74) is 5.99. The molecule has 2 aliphatic carbocycles. The van der Waals surface area contributed by atoms with Gasteiger partial charge in [0, 0.05) is 6.54 Å². The maximum Gasteiger partial charge on any atom is 0.269 e. The molecule has 1 heterocycles. The first-order valence-electron chi connectivity index (χ1n) is 6.73. The summed E-state index contributed by atoms with van der Waals surface area (Å²) in [5, 5.41) is 3.00.